The second kappa shape index (κ2) is 14.9. The Morgan fingerprint density at radius 2 is 1.68 bits per heavy atom. The third-order valence-electron chi connectivity index (χ3n) is 9.27. The van der Waals surface area contributed by atoms with Crippen LogP contribution in [-0.2, 0) is 11.0 Å². The van der Waals surface area contributed by atoms with Gasteiger partial charge in [0, 0.05) is 13.0 Å². The molecule has 1 fully saturated rings. The van der Waals surface area contributed by atoms with E-state index >= 15 is 0 Å². The molecule has 4 aromatic rings. The van der Waals surface area contributed by atoms with E-state index in [0.717, 1.165) is 53.4 Å². The van der Waals surface area contributed by atoms with Gasteiger partial charge in [0.2, 0.25) is 5.91 Å². The minimum absolute atomic E-state index is 0.00927. The van der Waals surface area contributed by atoms with Crippen LogP contribution in [0.25, 0.3) is 22.8 Å². The monoisotopic (exact) mass is 690 g/mol. The Kier molecular flexibility index (Phi) is 10.8. The average molecular weight is 691 g/mol. The van der Waals surface area contributed by atoms with Crippen molar-refractivity contribution in [3.63, 3.8) is 0 Å². The van der Waals surface area contributed by atoms with E-state index in [2.05, 4.69) is 16.5 Å². The van der Waals surface area contributed by atoms with E-state index in [9.17, 15) is 32.8 Å². The third kappa shape index (κ3) is 8.42. The lowest BCUT2D eigenvalue weighted by Crippen LogP contribution is -2.45. The first-order valence-corrected chi connectivity index (χ1v) is 16.8. The van der Waals surface area contributed by atoms with Crippen LogP contribution in [0.4, 0.5) is 13.2 Å². The molecule has 264 valence electrons. The summed E-state index contributed by atoms with van der Waals surface area (Å²) in [7, 11) is 5.94. The van der Waals surface area contributed by atoms with Crippen LogP contribution in [0.2, 0.25) is 0 Å². The second-order valence-corrected chi connectivity index (χ2v) is 14.1. The van der Waals surface area contributed by atoms with Crippen LogP contribution < -0.4 is 11.0 Å². The normalized spacial score (nSPS) is 16.6. The zero-order valence-electron chi connectivity index (χ0n) is 28.8. The summed E-state index contributed by atoms with van der Waals surface area (Å²) in [6.45, 7) is 2.69. The van der Waals surface area contributed by atoms with Crippen molar-refractivity contribution < 1.29 is 27.2 Å². The van der Waals surface area contributed by atoms with Gasteiger partial charge >= 0.3 is 11.9 Å². The van der Waals surface area contributed by atoms with Gasteiger partial charge in [-0.2, -0.15) is 23.5 Å². The molecule has 10 nitrogen and oxygen atoms in total. The van der Waals surface area contributed by atoms with E-state index < -0.39 is 23.3 Å². The molecular formula is C37H43F3N7O3+. The number of nitrogens with one attached hydrogen (secondary N) is 1. The number of amides is 1. The maximum atomic E-state index is 14.1. The fraction of sp³-hybridized carbons (Fsp3) is 0.432. The first kappa shape index (κ1) is 36.3. The smallest absolute Gasteiger partial charge is 0.351 e. The van der Waals surface area contributed by atoms with Gasteiger partial charge in [-0.25, -0.2) is 14.0 Å². The maximum Gasteiger partial charge on any atom is 0.416 e. The largest absolute Gasteiger partial charge is 0.416 e. The minimum atomic E-state index is -4.62. The molecule has 13 heteroatoms. The highest BCUT2D eigenvalue weighted by Gasteiger charge is 2.32. The Morgan fingerprint density at radius 1 is 1.00 bits per heavy atom. The van der Waals surface area contributed by atoms with E-state index in [0.29, 0.717) is 52.8 Å². The van der Waals surface area contributed by atoms with Crippen molar-refractivity contribution in [2.75, 3.05) is 34.2 Å². The van der Waals surface area contributed by atoms with Crippen molar-refractivity contribution in [3.05, 3.63) is 88.1 Å². The van der Waals surface area contributed by atoms with Crippen molar-refractivity contribution in [3.8, 4) is 28.8 Å². The molecule has 1 saturated carbocycles. The molecule has 0 atom stereocenters. The summed E-state index contributed by atoms with van der Waals surface area (Å²) in [5.74, 6) is 0.432. The van der Waals surface area contributed by atoms with Crippen molar-refractivity contribution in [1.29, 1.82) is 5.26 Å². The molecule has 0 aliphatic heterocycles. The topological polar surface area (TPSA) is 115 Å². The fourth-order valence-electron chi connectivity index (χ4n) is 6.75. The Morgan fingerprint density at radius 3 is 2.32 bits per heavy atom. The van der Waals surface area contributed by atoms with Crippen LogP contribution in [0.5, 0.6) is 0 Å². The van der Waals surface area contributed by atoms with Crippen molar-refractivity contribution >= 4 is 11.8 Å². The van der Waals surface area contributed by atoms with E-state index in [-0.39, 0.29) is 29.4 Å². The molecule has 1 amide bonds. The lowest BCUT2D eigenvalue weighted by atomic mass is 9.80. The van der Waals surface area contributed by atoms with Crippen molar-refractivity contribution in [2.24, 2.45) is 11.8 Å². The zero-order valence-corrected chi connectivity index (χ0v) is 28.8. The number of alkyl halides is 3. The number of benzene rings is 2. The van der Waals surface area contributed by atoms with Gasteiger partial charge in [-0.15, -0.1) is 0 Å². The van der Waals surface area contributed by atoms with Gasteiger partial charge in [0.15, 0.2) is 6.54 Å². The van der Waals surface area contributed by atoms with E-state index in [1.54, 1.807) is 37.3 Å². The van der Waals surface area contributed by atoms with Crippen LogP contribution >= 0.6 is 0 Å². The molecule has 0 spiro atoms. The number of halogens is 3. The number of hydrogen-bond acceptors (Lipinski definition) is 5. The van der Waals surface area contributed by atoms with Crippen LogP contribution in [0.3, 0.4) is 0 Å². The Labute approximate surface area is 289 Å². The maximum absolute atomic E-state index is 14.1. The Bertz CT molecular complexity index is 1930. The molecule has 0 bridgehead atoms. The quantitative estimate of drug-likeness (QED) is 0.190. The Balaban J connectivity index is 1.36. The number of carbonyl (C=O) groups excluding carboxylic acids is 2. The first-order chi connectivity index (χ1) is 23.7. The minimum Gasteiger partial charge on any atom is -0.351 e. The van der Waals surface area contributed by atoms with Crippen LogP contribution in [0, 0.1) is 30.1 Å². The number of rotatable bonds is 11. The predicted octanol–water partition coefficient (Wildman–Crippen LogP) is 6.13. The molecule has 0 saturated heterocycles. The fourth-order valence-corrected chi connectivity index (χ4v) is 6.75. The second-order valence-electron chi connectivity index (χ2n) is 14.1. The molecule has 50 heavy (non-hydrogen) atoms. The highest BCUT2D eigenvalue weighted by molar-refractivity contribution is 5.84. The number of imidazole rings is 1. The number of aromatic nitrogens is 4. The van der Waals surface area contributed by atoms with Crippen LogP contribution in [0.1, 0.15) is 66.6 Å². The lowest BCUT2D eigenvalue weighted by molar-refractivity contribution is -0.862. The number of nitriles is 1. The van der Waals surface area contributed by atoms with Gasteiger partial charge in [-0.05, 0) is 93.0 Å². The van der Waals surface area contributed by atoms with Gasteiger partial charge in [0.1, 0.15) is 0 Å². The van der Waals surface area contributed by atoms with Crippen molar-refractivity contribution in [2.45, 2.75) is 58.0 Å². The molecule has 2 heterocycles. The van der Waals surface area contributed by atoms with Gasteiger partial charge in [-0.1, -0.05) is 18.9 Å². The van der Waals surface area contributed by atoms with Crippen LogP contribution in [0.15, 0.2) is 65.6 Å². The summed E-state index contributed by atoms with van der Waals surface area (Å²) in [4.78, 5) is 40.2. The highest BCUT2D eigenvalue weighted by atomic mass is 19.4. The summed E-state index contributed by atoms with van der Waals surface area (Å²) < 4.78 is 45.3. The molecule has 2 aromatic carbocycles. The van der Waals surface area contributed by atoms with E-state index in [4.69, 9.17) is 0 Å². The number of quaternary nitrogens is 1. The van der Waals surface area contributed by atoms with E-state index in [1.807, 2.05) is 21.1 Å². The summed E-state index contributed by atoms with van der Waals surface area (Å²) in [6, 6.07) is 14.8. The van der Waals surface area contributed by atoms with Gasteiger partial charge in [0.25, 0.3) is 5.91 Å². The molecule has 1 N–H and O–H groups in total. The van der Waals surface area contributed by atoms with E-state index in [1.165, 1.54) is 23.0 Å². The summed E-state index contributed by atoms with van der Waals surface area (Å²) in [5.41, 5.74) is 0.243. The summed E-state index contributed by atoms with van der Waals surface area (Å²) >= 11 is 0. The van der Waals surface area contributed by atoms with Gasteiger partial charge in [-0.3, -0.25) is 14.2 Å². The summed E-state index contributed by atoms with van der Waals surface area (Å²) in [5, 5.41) is 16.7. The first-order valence-electron chi connectivity index (χ1n) is 16.8. The standard InChI is InChI=1S/C37H42F3N7O3/c1-25-35(32-19-20-43-46(32)30-17-15-27(22-41)16-18-30)45(36(50)44(25)31-9-6-8-29(21-31)37(38,39)40)34(49)10-5-7-26-11-13-28(14-12-26)23-42-33(48)24-47(2,3)4/h6,8-9,15-21,26,28H,5,7,10-14,23-24H2,1-4H3/p+1. The molecule has 0 radical (unpaired) electrons. The van der Waals surface area contributed by atoms with Gasteiger partial charge < -0.3 is 9.80 Å². The number of likely N-dealkylation sites (N-methyl/N-ethyl adjacent to an activating group) is 1. The number of hydrogen-bond donors (Lipinski definition) is 1. The predicted molar refractivity (Wildman–Crippen MR) is 183 cm³/mol. The average Bonchev–Trinajstić information content (AvgIpc) is 3.64. The molecule has 2 aromatic heterocycles. The summed E-state index contributed by atoms with van der Waals surface area (Å²) in [6.07, 6.45) is 2.27. The third-order valence-corrected chi connectivity index (χ3v) is 9.27. The van der Waals surface area contributed by atoms with Crippen molar-refractivity contribution in [1.82, 2.24) is 24.2 Å². The molecule has 0 unspecified atom stereocenters. The number of nitrogens with zero attached hydrogens (tertiary/aromatic N) is 6. The lowest BCUT2D eigenvalue weighted by Gasteiger charge is -2.29. The number of carbonyl (C=O) groups is 2. The molecule has 1 aliphatic carbocycles. The zero-order chi connectivity index (χ0) is 36.2. The molecular weight excluding hydrogens is 647 g/mol. The Hall–Kier alpha value is -4.96. The highest BCUT2D eigenvalue weighted by Crippen LogP contribution is 2.34. The van der Waals surface area contributed by atoms with Crippen LogP contribution in [-0.4, -0.2) is 69.4 Å². The van der Waals surface area contributed by atoms with Gasteiger partial charge in [0.05, 0.1) is 73.0 Å². The SMILES string of the molecule is Cc1c(-c2ccnn2-c2ccc(C#N)cc2)n(C(=O)CCCC2CCC(CNC(=O)C[N+](C)(C)C)CC2)c(=O)n1-c1cccc(C(F)(F)F)c1. The molecule has 1 aliphatic rings. The molecule has 5 rings (SSSR count).